The van der Waals surface area contributed by atoms with Gasteiger partial charge in [0.1, 0.15) is 10.4 Å². The van der Waals surface area contributed by atoms with E-state index in [1.807, 2.05) is 18.3 Å². The summed E-state index contributed by atoms with van der Waals surface area (Å²) in [5, 5.41) is 4.12. The summed E-state index contributed by atoms with van der Waals surface area (Å²) in [6.07, 6.45) is 5.81. The first kappa shape index (κ1) is 17.5. The van der Waals surface area contributed by atoms with E-state index in [0.717, 1.165) is 53.6 Å². The van der Waals surface area contributed by atoms with Crippen molar-refractivity contribution in [2.75, 3.05) is 25.0 Å². The van der Waals surface area contributed by atoms with Gasteiger partial charge in [-0.1, -0.05) is 0 Å². The summed E-state index contributed by atoms with van der Waals surface area (Å²) in [6.45, 7) is 8.43. The van der Waals surface area contributed by atoms with Crippen molar-refractivity contribution in [2.24, 2.45) is 10.9 Å². The van der Waals surface area contributed by atoms with Crippen LogP contribution in [0.25, 0.3) is 0 Å². The first-order valence-electron chi connectivity index (χ1n) is 8.93. The largest absolute Gasteiger partial charge is 0.355 e. The van der Waals surface area contributed by atoms with Crippen molar-refractivity contribution in [3.63, 3.8) is 0 Å². The SMILES string of the molecule is CC1=NC2=C(C)N(C)NN2C(C)=C1CC1CCN(c2cnc(Br)cn2)C1. The summed E-state index contributed by atoms with van der Waals surface area (Å²) < 4.78 is 0.772. The van der Waals surface area contributed by atoms with Crippen molar-refractivity contribution < 1.29 is 0 Å². The fraction of sp³-hybridized carbons (Fsp3) is 0.500. The van der Waals surface area contributed by atoms with Crippen molar-refractivity contribution in [1.82, 2.24) is 25.5 Å². The fourth-order valence-electron chi connectivity index (χ4n) is 3.83. The standard InChI is InChI=1S/C18H24BrN7/c1-11-15(12(2)26-18(22-11)13(3)24(4)23-26)7-14-5-6-25(10-14)17-9-20-16(19)8-21-17/h8-9,14,23H,5-7,10H2,1-4H3. The third-order valence-corrected chi connectivity index (χ3v) is 5.89. The summed E-state index contributed by atoms with van der Waals surface area (Å²) in [6, 6.07) is 0. The maximum absolute atomic E-state index is 4.86. The van der Waals surface area contributed by atoms with Gasteiger partial charge >= 0.3 is 0 Å². The van der Waals surface area contributed by atoms with Gasteiger partial charge in [0.2, 0.25) is 0 Å². The average Bonchev–Trinajstić information content (AvgIpc) is 3.19. The Bertz CT molecular complexity index is 811. The zero-order valence-corrected chi connectivity index (χ0v) is 17.2. The maximum atomic E-state index is 4.86. The van der Waals surface area contributed by atoms with Crippen molar-refractivity contribution in [3.05, 3.63) is 39.8 Å². The monoisotopic (exact) mass is 417 g/mol. The number of aromatic nitrogens is 2. The number of aliphatic imine (C=N–C) groups is 1. The number of hydrazine groups is 2. The molecule has 138 valence electrons. The topological polar surface area (TPSA) is 59.9 Å². The molecule has 8 heteroatoms. The quantitative estimate of drug-likeness (QED) is 0.815. The van der Waals surface area contributed by atoms with Crippen LogP contribution >= 0.6 is 15.9 Å². The second-order valence-corrected chi connectivity index (χ2v) is 7.98. The van der Waals surface area contributed by atoms with Gasteiger partial charge in [-0.05, 0) is 61.0 Å². The van der Waals surface area contributed by atoms with Crippen molar-refractivity contribution in [3.8, 4) is 0 Å². The molecular formula is C18H24BrN7. The van der Waals surface area contributed by atoms with Crippen LogP contribution in [-0.2, 0) is 0 Å². The predicted octanol–water partition coefficient (Wildman–Crippen LogP) is 3.06. The molecule has 4 heterocycles. The van der Waals surface area contributed by atoms with Gasteiger partial charge in [0, 0.05) is 31.5 Å². The van der Waals surface area contributed by atoms with Crippen LogP contribution in [0.4, 0.5) is 5.82 Å². The Morgan fingerprint density at radius 1 is 1.19 bits per heavy atom. The Labute approximate surface area is 162 Å². The number of fused-ring (bicyclic) bond motifs is 1. The molecule has 0 aromatic carbocycles. The lowest BCUT2D eigenvalue weighted by Crippen LogP contribution is -2.40. The summed E-state index contributed by atoms with van der Waals surface area (Å²) >= 11 is 3.35. The normalized spacial score (nSPS) is 23.2. The van der Waals surface area contributed by atoms with E-state index in [2.05, 4.69) is 62.1 Å². The highest BCUT2D eigenvalue weighted by atomic mass is 79.9. The molecular weight excluding hydrogens is 394 g/mol. The Morgan fingerprint density at radius 3 is 2.73 bits per heavy atom. The number of anilines is 1. The molecule has 0 saturated carbocycles. The molecule has 1 unspecified atom stereocenters. The molecule has 1 fully saturated rings. The number of allylic oxidation sites excluding steroid dienone is 3. The van der Waals surface area contributed by atoms with E-state index in [1.165, 1.54) is 11.3 Å². The molecule has 1 saturated heterocycles. The van der Waals surface area contributed by atoms with Crippen LogP contribution in [0.3, 0.4) is 0 Å². The molecule has 3 aliphatic rings. The number of hydrogen-bond donors (Lipinski definition) is 1. The van der Waals surface area contributed by atoms with Crippen LogP contribution in [0.2, 0.25) is 0 Å². The number of nitrogens with one attached hydrogen (secondary N) is 1. The molecule has 0 amide bonds. The van der Waals surface area contributed by atoms with Gasteiger partial charge in [-0.25, -0.2) is 20.0 Å². The molecule has 1 aromatic rings. The minimum Gasteiger partial charge on any atom is -0.355 e. The van der Waals surface area contributed by atoms with Gasteiger partial charge in [0.15, 0.2) is 5.82 Å². The molecule has 1 N–H and O–H groups in total. The predicted molar refractivity (Wildman–Crippen MR) is 106 cm³/mol. The molecule has 4 rings (SSSR count). The van der Waals surface area contributed by atoms with Gasteiger partial charge in [-0.2, -0.15) is 0 Å². The Balaban J connectivity index is 1.49. The fourth-order valence-corrected chi connectivity index (χ4v) is 4.04. The Morgan fingerprint density at radius 2 is 2.00 bits per heavy atom. The van der Waals surface area contributed by atoms with Crippen LogP contribution in [0.5, 0.6) is 0 Å². The molecule has 0 aliphatic carbocycles. The van der Waals surface area contributed by atoms with Crippen LogP contribution < -0.4 is 10.4 Å². The number of nitrogens with zero attached hydrogens (tertiary/aromatic N) is 6. The molecule has 26 heavy (non-hydrogen) atoms. The summed E-state index contributed by atoms with van der Waals surface area (Å²) in [5.74, 6) is 2.56. The maximum Gasteiger partial charge on any atom is 0.169 e. The van der Waals surface area contributed by atoms with E-state index in [4.69, 9.17) is 4.99 Å². The van der Waals surface area contributed by atoms with Gasteiger partial charge in [0.05, 0.1) is 18.1 Å². The smallest absolute Gasteiger partial charge is 0.169 e. The van der Waals surface area contributed by atoms with E-state index < -0.39 is 0 Å². The number of halogens is 1. The van der Waals surface area contributed by atoms with Crippen LogP contribution in [0, 0.1) is 5.92 Å². The van der Waals surface area contributed by atoms with E-state index in [1.54, 1.807) is 6.20 Å². The summed E-state index contributed by atoms with van der Waals surface area (Å²) in [4.78, 5) is 16.0. The lowest BCUT2D eigenvalue weighted by Gasteiger charge is -2.29. The number of rotatable bonds is 3. The zero-order chi connectivity index (χ0) is 18.4. The molecule has 7 nitrogen and oxygen atoms in total. The second kappa shape index (κ2) is 6.66. The van der Waals surface area contributed by atoms with Gasteiger partial charge in [0.25, 0.3) is 0 Å². The lowest BCUT2D eigenvalue weighted by molar-refractivity contribution is 0.178. The second-order valence-electron chi connectivity index (χ2n) is 7.17. The van der Waals surface area contributed by atoms with Crippen molar-refractivity contribution in [1.29, 1.82) is 0 Å². The molecule has 0 spiro atoms. The van der Waals surface area contributed by atoms with Crippen molar-refractivity contribution >= 4 is 27.5 Å². The van der Waals surface area contributed by atoms with E-state index in [-0.39, 0.29) is 0 Å². The third-order valence-electron chi connectivity index (χ3n) is 5.48. The van der Waals surface area contributed by atoms with Gasteiger partial charge in [-0.3, -0.25) is 5.01 Å². The summed E-state index contributed by atoms with van der Waals surface area (Å²) in [5.41, 5.74) is 8.23. The highest BCUT2D eigenvalue weighted by Crippen LogP contribution is 2.34. The minimum atomic E-state index is 0.600. The van der Waals surface area contributed by atoms with E-state index >= 15 is 0 Å². The van der Waals surface area contributed by atoms with Crippen LogP contribution in [-0.4, -0.2) is 45.8 Å². The molecule has 1 atom stereocenters. The minimum absolute atomic E-state index is 0.600. The van der Waals surface area contributed by atoms with Gasteiger partial charge < -0.3 is 4.90 Å². The highest BCUT2D eigenvalue weighted by molar-refractivity contribution is 9.10. The first-order valence-corrected chi connectivity index (χ1v) is 9.72. The number of hydrogen-bond acceptors (Lipinski definition) is 7. The zero-order valence-electron chi connectivity index (χ0n) is 15.6. The highest BCUT2D eigenvalue weighted by Gasteiger charge is 2.32. The van der Waals surface area contributed by atoms with E-state index in [0.29, 0.717) is 5.92 Å². The van der Waals surface area contributed by atoms with Crippen molar-refractivity contribution in [2.45, 2.75) is 33.6 Å². The van der Waals surface area contributed by atoms with Gasteiger partial charge in [-0.15, -0.1) is 5.53 Å². The third kappa shape index (κ3) is 3.01. The van der Waals surface area contributed by atoms with Crippen LogP contribution in [0.1, 0.15) is 33.6 Å². The Hall–Kier alpha value is -1.93. The Kier molecular flexibility index (Phi) is 4.48. The summed E-state index contributed by atoms with van der Waals surface area (Å²) in [7, 11) is 2.02. The first-order chi connectivity index (χ1) is 12.4. The van der Waals surface area contributed by atoms with E-state index in [9.17, 15) is 0 Å². The molecule has 0 bridgehead atoms. The molecule has 0 radical (unpaired) electrons. The lowest BCUT2D eigenvalue weighted by atomic mass is 9.93. The molecule has 3 aliphatic heterocycles. The molecule has 1 aromatic heterocycles. The average molecular weight is 418 g/mol. The van der Waals surface area contributed by atoms with Crippen LogP contribution in [0.15, 0.2) is 44.8 Å².